The van der Waals surface area contributed by atoms with Crippen molar-refractivity contribution in [3.05, 3.63) is 35.4 Å². The molecule has 1 aliphatic rings. The summed E-state index contributed by atoms with van der Waals surface area (Å²) in [5.74, 6) is 0.146. The Hall–Kier alpha value is -1.59. The first kappa shape index (κ1) is 15.8. The van der Waals surface area contributed by atoms with Crippen LogP contribution in [-0.2, 0) is 6.54 Å². The Labute approximate surface area is 126 Å². The van der Waals surface area contributed by atoms with Crippen molar-refractivity contribution in [3.63, 3.8) is 0 Å². The third-order valence-corrected chi connectivity index (χ3v) is 4.28. The molecule has 1 fully saturated rings. The Morgan fingerprint density at radius 3 is 2.62 bits per heavy atom. The van der Waals surface area contributed by atoms with Gasteiger partial charge in [-0.05, 0) is 25.5 Å². The Balaban J connectivity index is 1.68. The highest BCUT2D eigenvalue weighted by Crippen LogP contribution is 2.21. The van der Waals surface area contributed by atoms with Crippen LogP contribution in [0.1, 0.15) is 36.8 Å². The van der Waals surface area contributed by atoms with Crippen molar-refractivity contribution in [2.24, 2.45) is 10.9 Å². The fourth-order valence-electron chi connectivity index (χ4n) is 2.87. The van der Waals surface area contributed by atoms with Gasteiger partial charge in [0.05, 0.1) is 0 Å². The summed E-state index contributed by atoms with van der Waals surface area (Å²) in [5.41, 5.74) is 7.48. The molecule has 2 rings (SSSR count). The molecule has 0 spiro atoms. The van der Waals surface area contributed by atoms with Gasteiger partial charge in [-0.2, -0.15) is 0 Å². The molecule has 0 amide bonds. The predicted octanol–water partition coefficient (Wildman–Crippen LogP) is 1.75. The van der Waals surface area contributed by atoms with E-state index in [4.69, 9.17) is 10.9 Å². The summed E-state index contributed by atoms with van der Waals surface area (Å²) in [6.07, 6.45) is 5.47. The zero-order chi connectivity index (χ0) is 15.1. The van der Waals surface area contributed by atoms with Crippen LogP contribution < -0.4 is 11.1 Å². The highest BCUT2D eigenvalue weighted by molar-refractivity contribution is 5.96. The van der Waals surface area contributed by atoms with E-state index < -0.39 is 0 Å². The minimum atomic E-state index is 0.146. The number of likely N-dealkylation sites (N-methyl/N-ethyl adjacent to an activating group) is 1. The molecule has 1 aromatic carbocycles. The van der Waals surface area contributed by atoms with Crippen molar-refractivity contribution in [2.75, 3.05) is 20.1 Å². The van der Waals surface area contributed by atoms with Crippen molar-refractivity contribution in [1.29, 1.82) is 0 Å². The Morgan fingerprint density at radius 2 is 2.00 bits per heavy atom. The monoisotopic (exact) mass is 290 g/mol. The van der Waals surface area contributed by atoms with Crippen LogP contribution in [-0.4, -0.2) is 42.1 Å². The van der Waals surface area contributed by atoms with Crippen LogP contribution in [0.3, 0.4) is 0 Å². The molecule has 1 aliphatic carbocycles. The molecule has 0 unspecified atom stereocenters. The molecule has 0 saturated heterocycles. The van der Waals surface area contributed by atoms with Gasteiger partial charge >= 0.3 is 0 Å². The van der Waals surface area contributed by atoms with Gasteiger partial charge in [0, 0.05) is 31.2 Å². The van der Waals surface area contributed by atoms with E-state index in [0.717, 1.165) is 31.2 Å². The molecule has 5 heteroatoms. The van der Waals surface area contributed by atoms with E-state index in [0.29, 0.717) is 0 Å². The minimum absolute atomic E-state index is 0.146. The van der Waals surface area contributed by atoms with E-state index in [-0.39, 0.29) is 5.84 Å². The average Bonchev–Trinajstić information content (AvgIpc) is 3.05. The quantitative estimate of drug-likeness (QED) is 0.235. The van der Waals surface area contributed by atoms with Crippen molar-refractivity contribution in [1.82, 2.24) is 10.2 Å². The topological polar surface area (TPSA) is 73.9 Å². The number of nitrogens with one attached hydrogen (secondary N) is 1. The molecule has 5 nitrogen and oxygen atoms in total. The molecule has 0 heterocycles. The van der Waals surface area contributed by atoms with Crippen LogP contribution in [0.25, 0.3) is 0 Å². The SMILES string of the molecule is CN(CCNCc1ccc(C(N)=NO)cc1)C1CCCC1. The predicted molar refractivity (Wildman–Crippen MR) is 85.5 cm³/mol. The fraction of sp³-hybridized carbons (Fsp3) is 0.562. The summed E-state index contributed by atoms with van der Waals surface area (Å²) in [6.45, 7) is 2.93. The molecule has 21 heavy (non-hydrogen) atoms. The second-order valence-electron chi connectivity index (χ2n) is 5.78. The minimum Gasteiger partial charge on any atom is -0.409 e. The summed E-state index contributed by atoms with van der Waals surface area (Å²) in [7, 11) is 2.23. The number of nitrogens with two attached hydrogens (primary N) is 1. The van der Waals surface area contributed by atoms with Gasteiger partial charge in [-0.1, -0.05) is 42.3 Å². The number of hydrogen-bond acceptors (Lipinski definition) is 4. The van der Waals surface area contributed by atoms with Gasteiger partial charge in [-0.15, -0.1) is 0 Å². The molecule has 1 saturated carbocycles. The zero-order valence-electron chi connectivity index (χ0n) is 12.8. The summed E-state index contributed by atoms with van der Waals surface area (Å²) in [5, 5.41) is 15.1. The van der Waals surface area contributed by atoms with Gasteiger partial charge in [-0.3, -0.25) is 0 Å². The van der Waals surface area contributed by atoms with E-state index in [9.17, 15) is 0 Å². The first-order chi connectivity index (χ1) is 10.2. The van der Waals surface area contributed by atoms with Crippen molar-refractivity contribution in [3.8, 4) is 0 Å². The third-order valence-electron chi connectivity index (χ3n) is 4.28. The Morgan fingerprint density at radius 1 is 1.33 bits per heavy atom. The summed E-state index contributed by atoms with van der Waals surface area (Å²) in [6, 6.07) is 8.53. The Bertz CT molecular complexity index is 452. The first-order valence-electron chi connectivity index (χ1n) is 7.68. The number of rotatable bonds is 7. The molecule has 4 N–H and O–H groups in total. The standard InChI is InChI=1S/C16H26N4O/c1-20(15-4-2-3-5-15)11-10-18-12-13-6-8-14(9-7-13)16(17)19-21/h6-9,15,18,21H,2-5,10-12H2,1H3,(H2,17,19). The molecular weight excluding hydrogens is 264 g/mol. The molecule has 0 aliphatic heterocycles. The largest absolute Gasteiger partial charge is 0.409 e. The van der Waals surface area contributed by atoms with E-state index >= 15 is 0 Å². The molecule has 1 aromatic rings. The second kappa shape index (κ2) is 8.00. The number of amidine groups is 1. The first-order valence-corrected chi connectivity index (χ1v) is 7.68. The van der Waals surface area contributed by atoms with Crippen LogP contribution in [0.5, 0.6) is 0 Å². The van der Waals surface area contributed by atoms with E-state index in [1.807, 2.05) is 24.3 Å². The van der Waals surface area contributed by atoms with Gasteiger partial charge in [0.2, 0.25) is 0 Å². The van der Waals surface area contributed by atoms with Gasteiger partial charge < -0.3 is 21.2 Å². The average molecular weight is 290 g/mol. The van der Waals surface area contributed by atoms with Crippen LogP contribution in [0, 0.1) is 0 Å². The highest BCUT2D eigenvalue weighted by Gasteiger charge is 2.18. The van der Waals surface area contributed by atoms with Crippen LogP contribution in [0.4, 0.5) is 0 Å². The highest BCUT2D eigenvalue weighted by atomic mass is 16.4. The maximum Gasteiger partial charge on any atom is 0.170 e. The molecule has 0 aromatic heterocycles. The summed E-state index contributed by atoms with van der Waals surface area (Å²) >= 11 is 0. The molecule has 116 valence electrons. The Kier molecular flexibility index (Phi) is 6.02. The van der Waals surface area contributed by atoms with E-state index in [1.165, 1.54) is 31.2 Å². The number of oxime groups is 1. The second-order valence-corrected chi connectivity index (χ2v) is 5.78. The summed E-state index contributed by atoms with van der Waals surface area (Å²) in [4.78, 5) is 2.47. The molecule has 0 radical (unpaired) electrons. The molecule has 0 atom stereocenters. The van der Waals surface area contributed by atoms with Gasteiger partial charge in [0.1, 0.15) is 0 Å². The van der Waals surface area contributed by atoms with E-state index in [2.05, 4.69) is 22.4 Å². The number of nitrogens with zero attached hydrogens (tertiary/aromatic N) is 2. The summed E-state index contributed by atoms with van der Waals surface area (Å²) < 4.78 is 0. The van der Waals surface area contributed by atoms with Crippen molar-refractivity contribution < 1.29 is 5.21 Å². The molecule has 0 bridgehead atoms. The van der Waals surface area contributed by atoms with Crippen LogP contribution in [0.2, 0.25) is 0 Å². The normalized spacial score (nSPS) is 16.8. The van der Waals surface area contributed by atoms with Crippen LogP contribution in [0.15, 0.2) is 29.4 Å². The van der Waals surface area contributed by atoms with Gasteiger partial charge in [0.15, 0.2) is 5.84 Å². The zero-order valence-corrected chi connectivity index (χ0v) is 12.8. The lowest BCUT2D eigenvalue weighted by molar-refractivity contribution is 0.245. The molecular formula is C16H26N4O. The smallest absolute Gasteiger partial charge is 0.170 e. The van der Waals surface area contributed by atoms with Crippen molar-refractivity contribution in [2.45, 2.75) is 38.3 Å². The number of hydrogen-bond donors (Lipinski definition) is 3. The lowest BCUT2D eigenvalue weighted by atomic mass is 10.1. The van der Waals surface area contributed by atoms with Crippen LogP contribution >= 0.6 is 0 Å². The lowest BCUT2D eigenvalue weighted by Gasteiger charge is -2.24. The van der Waals surface area contributed by atoms with Crippen molar-refractivity contribution >= 4 is 5.84 Å². The lowest BCUT2D eigenvalue weighted by Crippen LogP contribution is -2.35. The maximum absolute atomic E-state index is 8.62. The van der Waals surface area contributed by atoms with E-state index in [1.54, 1.807) is 0 Å². The fourth-order valence-corrected chi connectivity index (χ4v) is 2.87. The number of benzene rings is 1. The maximum atomic E-state index is 8.62. The third kappa shape index (κ3) is 4.72. The van der Waals surface area contributed by atoms with Gasteiger partial charge in [-0.25, -0.2) is 0 Å². The van der Waals surface area contributed by atoms with Gasteiger partial charge in [0.25, 0.3) is 0 Å².